The molecule has 0 bridgehead atoms. The van der Waals surface area contributed by atoms with Gasteiger partial charge < -0.3 is 9.15 Å². The fraction of sp³-hybridized carbons (Fsp3) is 0.333. The van der Waals surface area contributed by atoms with Crippen LogP contribution in [0.4, 0.5) is 0 Å². The number of esters is 1. The minimum atomic E-state index is -0.338. The zero-order chi connectivity index (χ0) is 22.1. The molecule has 0 atom stereocenters. The number of hydrogen-bond donors (Lipinski definition) is 0. The van der Waals surface area contributed by atoms with Crippen LogP contribution in [-0.4, -0.2) is 32.3 Å². The molecule has 1 fully saturated rings. The molecule has 3 heterocycles. The molecule has 164 valence electrons. The lowest BCUT2D eigenvalue weighted by atomic mass is 10.0. The molecule has 0 amide bonds. The number of thioether (sulfide) groups is 1. The van der Waals surface area contributed by atoms with Gasteiger partial charge in [0, 0.05) is 17.1 Å². The summed E-state index contributed by atoms with van der Waals surface area (Å²) in [6.45, 7) is 4.67. The third kappa shape index (κ3) is 4.02. The number of hydrogen-bond acceptors (Lipinski definition) is 7. The molecule has 0 aliphatic heterocycles. The molecule has 0 unspecified atom stereocenters. The number of aromatic nitrogens is 4. The van der Waals surface area contributed by atoms with Crippen LogP contribution in [-0.2, 0) is 17.0 Å². The van der Waals surface area contributed by atoms with Crippen molar-refractivity contribution in [3.63, 3.8) is 0 Å². The number of carbonyl (C=O) groups excluding carboxylic acids is 1. The van der Waals surface area contributed by atoms with Gasteiger partial charge >= 0.3 is 5.97 Å². The maximum Gasteiger partial charge on any atom is 0.340 e. The first-order chi connectivity index (χ1) is 15.7. The van der Waals surface area contributed by atoms with Gasteiger partial charge in [-0.05, 0) is 50.5 Å². The normalized spacial score (nSPS) is 13.6. The first kappa shape index (κ1) is 20.8. The molecule has 0 radical (unpaired) electrons. The lowest BCUT2D eigenvalue weighted by molar-refractivity contribution is 0.0524. The highest BCUT2D eigenvalue weighted by atomic mass is 32.2. The van der Waals surface area contributed by atoms with Crippen LogP contribution in [0.1, 0.15) is 58.9 Å². The van der Waals surface area contributed by atoms with Gasteiger partial charge in [-0.3, -0.25) is 9.55 Å². The maximum absolute atomic E-state index is 12.8. The van der Waals surface area contributed by atoms with Gasteiger partial charge in [0.05, 0.1) is 36.2 Å². The molecule has 0 N–H and O–H groups in total. The van der Waals surface area contributed by atoms with Crippen LogP contribution in [0.3, 0.4) is 0 Å². The summed E-state index contributed by atoms with van der Waals surface area (Å²) < 4.78 is 13.0. The van der Waals surface area contributed by atoms with Crippen molar-refractivity contribution in [1.82, 2.24) is 19.7 Å². The molecule has 1 aliphatic rings. The van der Waals surface area contributed by atoms with Crippen molar-refractivity contribution in [2.75, 3.05) is 6.61 Å². The van der Waals surface area contributed by atoms with Gasteiger partial charge in [-0.2, -0.15) is 0 Å². The Morgan fingerprint density at radius 2 is 2.06 bits per heavy atom. The topological polar surface area (TPSA) is 83.0 Å². The van der Waals surface area contributed by atoms with E-state index in [0.717, 1.165) is 46.0 Å². The van der Waals surface area contributed by atoms with E-state index in [9.17, 15) is 4.79 Å². The van der Waals surface area contributed by atoms with Gasteiger partial charge in [0.25, 0.3) is 0 Å². The summed E-state index contributed by atoms with van der Waals surface area (Å²) in [5.41, 5.74) is 2.99. The van der Waals surface area contributed by atoms with Crippen molar-refractivity contribution in [2.24, 2.45) is 0 Å². The number of benzene rings is 1. The zero-order valence-electron chi connectivity index (χ0n) is 18.1. The molecule has 3 aromatic heterocycles. The van der Waals surface area contributed by atoms with Crippen molar-refractivity contribution >= 4 is 28.6 Å². The number of rotatable bonds is 8. The molecular formula is C24H24N4O3S. The van der Waals surface area contributed by atoms with Gasteiger partial charge in [-0.1, -0.05) is 30.0 Å². The van der Waals surface area contributed by atoms with Crippen molar-refractivity contribution in [2.45, 2.75) is 50.1 Å². The van der Waals surface area contributed by atoms with Crippen LogP contribution in [0, 0.1) is 6.92 Å². The second kappa shape index (κ2) is 8.78. The Bertz CT molecular complexity index is 1260. The molecule has 7 nitrogen and oxygen atoms in total. The summed E-state index contributed by atoms with van der Waals surface area (Å²) in [6, 6.07) is 11.7. The average Bonchev–Trinajstić information content (AvgIpc) is 3.35. The predicted molar refractivity (Wildman–Crippen MR) is 122 cm³/mol. The summed E-state index contributed by atoms with van der Waals surface area (Å²) >= 11 is 1.53. The Morgan fingerprint density at radius 1 is 1.22 bits per heavy atom. The van der Waals surface area contributed by atoms with Crippen molar-refractivity contribution < 1.29 is 13.9 Å². The molecule has 0 saturated heterocycles. The fourth-order valence-corrected chi connectivity index (χ4v) is 4.80. The van der Waals surface area contributed by atoms with E-state index in [0.29, 0.717) is 36.1 Å². The molecule has 1 aromatic carbocycles. The van der Waals surface area contributed by atoms with E-state index in [1.165, 1.54) is 11.8 Å². The highest BCUT2D eigenvalue weighted by Gasteiger charge is 2.31. The van der Waals surface area contributed by atoms with Gasteiger partial charge in [0.1, 0.15) is 11.6 Å². The summed E-state index contributed by atoms with van der Waals surface area (Å²) in [5.74, 6) is 2.47. The number of aryl methyl sites for hydroxylation is 1. The van der Waals surface area contributed by atoms with E-state index >= 15 is 0 Å². The van der Waals surface area contributed by atoms with E-state index in [1.54, 1.807) is 6.26 Å². The summed E-state index contributed by atoms with van der Waals surface area (Å²) in [4.78, 5) is 17.6. The third-order valence-electron chi connectivity index (χ3n) is 5.63. The van der Waals surface area contributed by atoms with E-state index in [-0.39, 0.29) is 5.97 Å². The van der Waals surface area contributed by atoms with Gasteiger partial charge in [0.15, 0.2) is 5.16 Å². The van der Waals surface area contributed by atoms with E-state index in [4.69, 9.17) is 14.1 Å². The monoisotopic (exact) mass is 448 g/mol. The van der Waals surface area contributed by atoms with E-state index in [2.05, 4.69) is 14.8 Å². The van der Waals surface area contributed by atoms with Gasteiger partial charge in [-0.15, -0.1) is 10.2 Å². The first-order valence-electron chi connectivity index (χ1n) is 10.8. The van der Waals surface area contributed by atoms with Crippen LogP contribution in [0.2, 0.25) is 0 Å². The molecule has 1 saturated carbocycles. The third-order valence-corrected chi connectivity index (χ3v) is 6.60. The minimum absolute atomic E-state index is 0.319. The Hall–Kier alpha value is -3.13. The minimum Gasteiger partial charge on any atom is -0.467 e. The lowest BCUT2D eigenvalue weighted by Gasteiger charge is -2.14. The standard InChI is InChI=1S/C24H24N4O3S/c1-3-30-23(29)21-15(2)18-8-4-5-9-19(18)25-20(21)14-32-24-27-26-22(16-10-11-16)28(24)13-17-7-6-12-31-17/h4-9,12,16H,3,10-11,13-14H2,1-2H3. The summed E-state index contributed by atoms with van der Waals surface area (Å²) in [6.07, 6.45) is 3.95. The van der Waals surface area contributed by atoms with Gasteiger partial charge in [0.2, 0.25) is 0 Å². The Balaban J connectivity index is 1.49. The molecule has 0 spiro atoms. The second-order valence-corrected chi connectivity index (χ2v) is 8.81. The predicted octanol–water partition coefficient (Wildman–Crippen LogP) is 5.12. The summed E-state index contributed by atoms with van der Waals surface area (Å²) in [5, 5.41) is 10.7. The number of nitrogens with zero attached hydrogens (tertiary/aromatic N) is 4. The molecular weight excluding hydrogens is 424 g/mol. The lowest BCUT2D eigenvalue weighted by Crippen LogP contribution is -2.12. The van der Waals surface area contributed by atoms with Crippen LogP contribution < -0.4 is 0 Å². The average molecular weight is 449 g/mol. The van der Waals surface area contributed by atoms with Crippen LogP contribution >= 0.6 is 11.8 Å². The maximum atomic E-state index is 12.8. The van der Waals surface area contributed by atoms with Crippen LogP contribution in [0.25, 0.3) is 10.9 Å². The number of pyridine rings is 1. The van der Waals surface area contributed by atoms with Crippen molar-refractivity contribution in [3.8, 4) is 0 Å². The number of furan rings is 1. The highest BCUT2D eigenvalue weighted by Crippen LogP contribution is 2.40. The Morgan fingerprint density at radius 3 is 2.81 bits per heavy atom. The van der Waals surface area contributed by atoms with Crippen LogP contribution in [0.5, 0.6) is 0 Å². The van der Waals surface area contributed by atoms with E-state index in [1.807, 2.05) is 50.2 Å². The van der Waals surface area contributed by atoms with E-state index < -0.39 is 0 Å². The molecule has 1 aliphatic carbocycles. The van der Waals surface area contributed by atoms with Crippen molar-refractivity contribution in [1.29, 1.82) is 0 Å². The smallest absolute Gasteiger partial charge is 0.340 e. The fourth-order valence-electron chi connectivity index (χ4n) is 3.91. The number of carbonyl (C=O) groups is 1. The Labute approximate surface area is 190 Å². The molecule has 32 heavy (non-hydrogen) atoms. The molecule has 8 heteroatoms. The van der Waals surface area contributed by atoms with Crippen LogP contribution in [0.15, 0.2) is 52.2 Å². The van der Waals surface area contributed by atoms with Gasteiger partial charge in [-0.25, -0.2) is 4.79 Å². The second-order valence-electron chi connectivity index (χ2n) is 7.87. The molecule has 4 aromatic rings. The molecule has 5 rings (SSSR count). The quantitative estimate of drug-likeness (QED) is 0.273. The summed E-state index contributed by atoms with van der Waals surface area (Å²) in [7, 11) is 0. The zero-order valence-corrected chi connectivity index (χ0v) is 18.9. The number of fused-ring (bicyclic) bond motifs is 1. The number of ether oxygens (including phenoxy) is 1. The number of para-hydroxylation sites is 1. The Kier molecular flexibility index (Phi) is 5.70. The van der Waals surface area contributed by atoms with Crippen molar-refractivity contribution in [3.05, 3.63) is 71.1 Å². The SMILES string of the molecule is CCOC(=O)c1c(CSc2nnc(C3CC3)n2Cc2ccco2)nc2ccccc2c1C. The largest absolute Gasteiger partial charge is 0.467 e. The first-order valence-corrected chi connectivity index (χ1v) is 11.8. The highest BCUT2D eigenvalue weighted by molar-refractivity contribution is 7.98.